The van der Waals surface area contributed by atoms with Crippen LogP contribution in [0.1, 0.15) is 28.8 Å². The summed E-state index contributed by atoms with van der Waals surface area (Å²) in [6, 6.07) is 8.40. The third kappa shape index (κ3) is 4.17. The van der Waals surface area contributed by atoms with Crippen molar-refractivity contribution >= 4 is 16.9 Å². The highest BCUT2D eigenvalue weighted by molar-refractivity contribution is 6.08. The van der Waals surface area contributed by atoms with Crippen LogP contribution in [0.5, 0.6) is 23.0 Å². The molecule has 0 fully saturated rings. The molecule has 0 aliphatic carbocycles. The lowest BCUT2D eigenvalue weighted by Gasteiger charge is -2.18. The van der Waals surface area contributed by atoms with Crippen LogP contribution in [0.15, 0.2) is 36.7 Å². The predicted octanol–water partition coefficient (Wildman–Crippen LogP) is 3.52. The number of phenolic OH excluding ortho intramolecular Hbond substituents is 1. The number of pyridine rings is 1. The molecule has 10 nitrogen and oxygen atoms in total. The number of H-pyrrole nitrogens is 1. The molecule has 0 saturated heterocycles. The standard InChI is InChI=1S/C24H24N4O6/c1-5-34-24(30)23-16(11-21-25-12-26-28-21)27-15-10-20(33-4)19(32-3)9-14(15)22(23)13-6-7-18(31-2)17(29)8-13/h6-10,12,29H,5,11H2,1-4H3,(H,25,26,28). The minimum absolute atomic E-state index is 0.0722. The van der Waals surface area contributed by atoms with E-state index < -0.39 is 5.97 Å². The van der Waals surface area contributed by atoms with Gasteiger partial charge in [-0.25, -0.2) is 9.78 Å². The molecular formula is C24H24N4O6. The maximum atomic E-state index is 13.3. The van der Waals surface area contributed by atoms with E-state index in [0.717, 1.165) is 0 Å². The lowest BCUT2D eigenvalue weighted by Crippen LogP contribution is -2.13. The highest BCUT2D eigenvalue weighted by atomic mass is 16.5. The molecule has 4 rings (SSSR count). The normalized spacial score (nSPS) is 10.8. The molecule has 0 atom stereocenters. The first-order valence-corrected chi connectivity index (χ1v) is 10.5. The van der Waals surface area contributed by atoms with Crippen LogP contribution in [-0.4, -0.2) is 59.2 Å². The number of ether oxygens (including phenoxy) is 4. The lowest BCUT2D eigenvalue weighted by molar-refractivity contribution is 0.0525. The zero-order valence-electron chi connectivity index (χ0n) is 19.2. The van der Waals surface area contributed by atoms with E-state index in [4.69, 9.17) is 23.9 Å². The van der Waals surface area contributed by atoms with Crippen molar-refractivity contribution in [3.05, 3.63) is 53.7 Å². The van der Waals surface area contributed by atoms with Gasteiger partial charge in [0.25, 0.3) is 0 Å². The maximum Gasteiger partial charge on any atom is 0.340 e. The Kier molecular flexibility index (Phi) is 6.48. The second-order valence-corrected chi connectivity index (χ2v) is 7.25. The van der Waals surface area contributed by atoms with Crippen molar-refractivity contribution in [1.29, 1.82) is 0 Å². The van der Waals surface area contributed by atoms with E-state index in [1.165, 1.54) is 33.7 Å². The van der Waals surface area contributed by atoms with Gasteiger partial charge in [0, 0.05) is 17.0 Å². The molecule has 176 valence electrons. The van der Waals surface area contributed by atoms with Crippen molar-refractivity contribution in [3.63, 3.8) is 0 Å². The summed E-state index contributed by atoms with van der Waals surface area (Å²) in [7, 11) is 4.53. The number of fused-ring (bicyclic) bond motifs is 1. The number of benzene rings is 2. The van der Waals surface area contributed by atoms with Gasteiger partial charge < -0.3 is 24.1 Å². The first-order chi connectivity index (χ1) is 16.5. The maximum absolute atomic E-state index is 13.3. The Morgan fingerprint density at radius 2 is 1.76 bits per heavy atom. The molecule has 0 saturated carbocycles. The number of phenols is 1. The number of aromatic nitrogens is 4. The molecule has 2 heterocycles. The molecule has 4 aromatic rings. The molecular weight excluding hydrogens is 440 g/mol. The van der Waals surface area contributed by atoms with Crippen LogP contribution in [0.4, 0.5) is 0 Å². The van der Waals surface area contributed by atoms with Crippen LogP contribution in [0.2, 0.25) is 0 Å². The van der Waals surface area contributed by atoms with Crippen molar-refractivity contribution in [1.82, 2.24) is 20.2 Å². The Bertz CT molecular complexity index is 1340. The molecule has 34 heavy (non-hydrogen) atoms. The van der Waals surface area contributed by atoms with E-state index in [-0.39, 0.29) is 24.3 Å². The number of hydrogen-bond acceptors (Lipinski definition) is 9. The van der Waals surface area contributed by atoms with E-state index in [9.17, 15) is 9.90 Å². The van der Waals surface area contributed by atoms with E-state index in [0.29, 0.717) is 50.8 Å². The minimum Gasteiger partial charge on any atom is -0.504 e. The van der Waals surface area contributed by atoms with Gasteiger partial charge in [-0.2, -0.15) is 5.10 Å². The molecule has 0 bridgehead atoms. The molecule has 2 aromatic carbocycles. The van der Waals surface area contributed by atoms with Gasteiger partial charge in [0.1, 0.15) is 12.2 Å². The van der Waals surface area contributed by atoms with Crippen molar-refractivity contribution < 1.29 is 28.8 Å². The Balaban J connectivity index is 2.11. The fourth-order valence-electron chi connectivity index (χ4n) is 3.81. The van der Waals surface area contributed by atoms with Crippen molar-refractivity contribution in [2.45, 2.75) is 13.3 Å². The number of methoxy groups -OCH3 is 3. The Morgan fingerprint density at radius 1 is 1.03 bits per heavy atom. The van der Waals surface area contributed by atoms with Crippen LogP contribution in [0.3, 0.4) is 0 Å². The van der Waals surface area contributed by atoms with E-state index >= 15 is 0 Å². The topological polar surface area (TPSA) is 129 Å². The van der Waals surface area contributed by atoms with Gasteiger partial charge in [-0.05, 0) is 30.7 Å². The van der Waals surface area contributed by atoms with Crippen LogP contribution in [0, 0.1) is 0 Å². The van der Waals surface area contributed by atoms with Gasteiger partial charge in [-0.15, -0.1) is 0 Å². The summed E-state index contributed by atoms with van der Waals surface area (Å²) >= 11 is 0. The minimum atomic E-state index is -0.550. The second kappa shape index (κ2) is 9.65. The van der Waals surface area contributed by atoms with Crippen LogP contribution < -0.4 is 14.2 Å². The summed E-state index contributed by atoms with van der Waals surface area (Å²) in [5.41, 5.74) is 2.34. The van der Waals surface area contributed by atoms with Crippen molar-refractivity contribution in [2.24, 2.45) is 0 Å². The molecule has 0 amide bonds. The molecule has 0 spiro atoms. The van der Waals surface area contributed by atoms with Gasteiger partial charge in [0.05, 0.1) is 51.1 Å². The zero-order chi connectivity index (χ0) is 24.2. The number of carbonyl (C=O) groups is 1. The monoisotopic (exact) mass is 464 g/mol. The summed E-state index contributed by atoms with van der Waals surface area (Å²) < 4.78 is 21.6. The molecule has 0 aliphatic heterocycles. The van der Waals surface area contributed by atoms with Crippen LogP contribution in [0.25, 0.3) is 22.0 Å². The second-order valence-electron chi connectivity index (χ2n) is 7.25. The highest BCUT2D eigenvalue weighted by Gasteiger charge is 2.26. The molecule has 0 aliphatic rings. The van der Waals surface area contributed by atoms with Crippen molar-refractivity contribution in [2.75, 3.05) is 27.9 Å². The average Bonchev–Trinajstić information content (AvgIpc) is 3.35. The Morgan fingerprint density at radius 3 is 2.38 bits per heavy atom. The fourth-order valence-corrected chi connectivity index (χ4v) is 3.81. The third-order valence-electron chi connectivity index (χ3n) is 5.31. The summed E-state index contributed by atoms with van der Waals surface area (Å²) in [6.45, 7) is 1.91. The number of nitrogens with zero attached hydrogens (tertiary/aromatic N) is 3. The van der Waals surface area contributed by atoms with E-state index in [1.807, 2.05) is 0 Å². The van der Waals surface area contributed by atoms with Gasteiger partial charge in [0.2, 0.25) is 0 Å². The Labute approximate surface area is 195 Å². The summed E-state index contributed by atoms with van der Waals surface area (Å²) in [5, 5.41) is 17.8. The van der Waals surface area contributed by atoms with Gasteiger partial charge in [0.15, 0.2) is 23.0 Å². The fraction of sp³-hybridized carbons (Fsp3) is 0.250. The van der Waals surface area contributed by atoms with Gasteiger partial charge in [-0.3, -0.25) is 10.1 Å². The van der Waals surface area contributed by atoms with Crippen LogP contribution in [-0.2, 0) is 11.2 Å². The summed E-state index contributed by atoms with van der Waals surface area (Å²) in [5.74, 6) is 1.17. The summed E-state index contributed by atoms with van der Waals surface area (Å²) in [6.07, 6.45) is 1.59. The number of carbonyl (C=O) groups excluding carboxylic acids is 1. The number of rotatable bonds is 8. The first-order valence-electron chi connectivity index (χ1n) is 10.5. The number of hydrogen-bond donors (Lipinski definition) is 2. The predicted molar refractivity (Wildman–Crippen MR) is 124 cm³/mol. The Hall–Kier alpha value is -4.34. The number of nitrogens with one attached hydrogen (secondary N) is 1. The first kappa shape index (κ1) is 22.8. The van der Waals surface area contributed by atoms with Gasteiger partial charge >= 0.3 is 5.97 Å². The summed E-state index contributed by atoms with van der Waals surface area (Å²) in [4.78, 5) is 22.2. The number of aromatic amines is 1. The SMILES string of the molecule is CCOC(=O)c1c(Cc2ncn[nH]2)nc2cc(OC)c(OC)cc2c1-c1ccc(OC)c(O)c1. The quantitative estimate of drug-likeness (QED) is 0.376. The molecule has 10 heteroatoms. The lowest BCUT2D eigenvalue weighted by atomic mass is 9.92. The average molecular weight is 464 g/mol. The number of esters is 1. The van der Waals surface area contributed by atoms with E-state index in [2.05, 4.69) is 15.2 Å². The largest absolute Gasteiger partial charge is 0.504 e. The van der Waals surface area contributed by atoms with Gasteiger partial charge in [-0.1, -0.05) is 6.07 Å². The third-order valence-corrected chi connectivity index (χ3v) is 5.31. The zero-order valence-corrected chi connectivity index (χ0v) is 19.2. The highest BCUT2D eigenvalue weighted by Crippen LogP contribution is 2.41. The van der Waals surface area contributed by atoms with E-state index in [1.54, 1.807) is 31.2 Å². The van der Waals surface area contributed by atoms with Crippen LogP contribution >= 0.6 is 0 Å². The van der Waals surface area contributed by atoms with Crippen molar-refractivity contribution in [3.8, 4) is 34.1 Å². The molecule has 2 N–H and O–H groups in total. The molecule has 0 unspecified atom stereocenters. The molecule has 2 aromatic heterocycles. The molecule has 0 radical (unpaired) electrons. The smallest absolute Gasteiger partial charge is 0.340 e. The number of aromatic hydroxyl groups is 1.